The molecule has 0 bridgehead atoms. The first-order chi connectivity index (χ1) is 12.1. The Bertz CT molecular complexity index is 764. The van der Waals surface area contributed by atoms with Crippen molar-refractivity contribution in [3.8, 4) is 0 Å². The molecular formula is C19H19ClN2O2S. The van der Waals surface area contributed by atoms with Crippen LogP contribution in [-0.4, -0.2) is 17.6 Å². The second-order valence-electron chi connectivity index (χ2n) is 5.98. The average Bonchev–Trinajstić information content (AvgIpc) is 3.02. The summed E-state index contributed by atoms with van der Waals surface area (Å²) < 4.78 is 0. The number of carbonyl (C=O) groups is 2. The maximum atomic E-state index is 12.1. The number of halogens is 1. The fraction of sp³-hybridized carbons (Fsp3) is 0.263. The van der Waals surface area contributed by atoms with Gasteiger partial charge in [-0.15, -0.1) is 11.8 Å². The van der Waals surface area contributed by atoms with Crippen LogP contribution in [-0.2, 0) is 16.0 Å². The third kappa shape index (κ3) is 5.00. The molecule has 6 heteroatoms. The molecule has 0 heterocycles. The van der Waals surface area contributed by atoms with Gasteiger partial charge in [-0.2, -0.15) is 0 Å². The lowest BCUT2D eigenvalue weighted by Crippen LogP contribution is -2.42. The standard InChI is InChI=1S/C19H19ClN2O2S/c20-15-7-9-16(10-8-15)25-12-19(24)22-21-18(23)11-14-6-5-13-3-1-2-4-17(13)14/h1-4,7-10,14H,5-6,11-12H2,(H,21,23)(H,22,24). The van der Waals surface area contributed by atoms with Crippen LogP contribution >= 0.6 is 23.4 Å². The molecule has 4 nitrogen and oxygen atoms in total. The van der Waals surface area contributed by atoms with Crippen molar-refractivity contribution in [2.24, 2.45) is 0 Å². The Morgan fingerprint density at radius 3 is 2.56 bits per heavy atom. The van der Waals surface area contributed by atoms with Crippen LogP contribution in [0.25, 0.3) is 0 Å². The van der Waals surface area contributed by atoms with Gasteiger partial charge in [-0.1, -0.05) is 35.9 Å². The van der Waals surface area contributed by atoms with Gasteiger partial charge >= 0.3 is 0 Å². The molecule has 2 aromatic rings. The molecule has 2 N–H and O–H groups in total. The van der Waals surface area contributed by atoms with Crippen LogP contribution in [0.4, 0.5) is 0 Å². The van der Waals surface area contributed by atoms with Crippen molar-refractivity contribution in [3.63, 3.8) is 0 Å². The average molecular weight is 375 g/mol. The fourth-order valence-electron chi connectivity index (χ4n) is 2.99. The number of rotatable bonds is 5. The molecule has 0 aromatic heterocycles. The predicted octanol–water partition coefficient (Wildman–Crippen LogP) is 3.70. The summed E-state index contributed by atoms with van der Waals surface area (Å²) >= 11 is 7.21. The van der Waals surface area contributed by atoms with Crippen molar-refractivity contribution in [3.05, 3.63) is 64.7 Å². The number of hydrogen-bond donors (Lipinski definition) is 2. The van der Waals surface area contributed by atoms with E-state index in [2.05, 4.69) is 23.0 Å². The van der Waals surface area contributed by atoms with Crippen molar-refractivity contribution < 1.29 is 9.59 Å². The van der Waals surface area contributed by atoms with Gasteiger partial charge in [-0.05, 0) is 54.2 Å². The zero-order valence-electron chi connectivity index (χ0n) is 13.6. The van der Waals surface area contributed by atoms with E-state index < -0.39 is 0 Å². The highest BCUT2D eigenvalue weighted by Gasteiger charge is 2.24. The Hall–Kier alpha value is -1.98. The van der Waals surface area contributed by atoms with E-state index in [1.165, 1.54) is 22.9 Å². The molecule has 0 saturated carbocycles. The molecule has 3 rings (SSSR count). The van der Waals surface area contributed by atoms with Crippen molar-refractivity contribution in [2.45, 2.75) is 30.1 Å². The Morgan fingerprint density at radius 2 is 1.76 bits per heavy atom. The van der Waals surface area contributed by atoms with Gasteiger partial charge in [0, 0.05) is 16.3 Å². The zero-order valence-corrected chi connectivity index (χ0v) is 15.2. The molecule has 1 unspecified atom stereocenters. The molecule has 1 atom stereocenters. The molecule has 1 aliphatic rings. The zero-order chi connectivity index (χ0) is 17.6. The quantitative estimate of drug-likeness (QED) is 0.619. The monoisotopic (exact) mass is 374 g/mol. The summed E-state index contributed by atoms with van der Waals surface area (Å²) in [6.45, 7) is 0. The first kappa shape index (κ1) is 17.8. The van der Waals surface area contributed by atoms with Crippen molar-refractivity contribution >= 4 is 35.2 Å². The Kier molecular flexibility index (Phi) is 6.00. The minimum atomic E-state index is -0.236. The third-order valence-corrected chi connectivity index (χ3v) is 5.48. The Morgan fingerprint density at radius 1 is 1.04 bits per heavy atom. The molecule has 0 saturated heterocycles. The molecule has 25 heavy (non-hydrogen) atoms. The topological polar surface area (TPSA) is 58.2 Å². The normalized spacial score (nSPS) is 15.5. The van der Waals surface area contributed by atoms with Gasteiger partial charge in [-0.3, -0.25) is 20.4 Å². The lowest BCUT2D eigenvalue weighted by atomic mass is 9.98. The summed E-state index contributed by atoms with van der Waals surface area (Å²) in [5, 5.41) is 0.662. The summed E-state index contributed by atoms with van der Waals surface area (Å²) in [5.41, 5.74) is 7.56. The maximum absolute atomic E-state index is 12.1. The number of aryl methyl sites for hydroxylation is 1. The van der Waals surface area contributed by atoms with Crippen LogP contribution in [0.1, 0.15) is 29.9 Å². The van der Waals surface area contributed by atoms with E-state index >= 15 is 0 Å². The SMILES string of the molecule is O=C(CSc1ccc(Cl)cc1)NNC(=O)CC1CCc2ccccc21. The van der Waals surface area contributed by atoms with Crippen LogP contribution < -0.4 is 10.9 Å². The van der Waals surface area contributed by atoms with E-state index in [0.29, 0.717) is 11.4 Å². The van der Waals surface area contributed by atoms with Crippen LogP contribution in [0.5, 0.6) is 0 Å². The van der Waals surface area contributed by atoms with E-state index in [-0.39, 0.29) is 23.5 Å². The minimum absolute atomic E-state index is 0.161. The van der Waals surface area contributed by atoms with Gasteiger partial charge in [0.1, 0.15) is 0 Å². The molecule has 130 valence electrons. The third-order valence-electron chi connectivity index (χ3n) is 4.21. The van der Waals surface area contributed by atoms with Crippen LogP contribution in [0.2, 0.25) is 5.02 Å². The molecule has 1 aliphatic carbocycles. The molecule has 2 amide bonds. The summed E-state index contributed by atoms with van der Waals surface area (Å²) in [5.74, 6) is 0.0666. The number of carbonyl (C=O) groups excluding carboxylic acids is 2. The summed E-state index contributed by atoms with van der Waals surface area (Å²) in [6.07, 6.45) is 2.38. The fourth-order valence-corrected chi connectivity index (χ4v) is 3.81. The number of fused-ring (bicyclic) bond motifs is 1. The van der Waals surface area contributed by atoms with E-state index in [0.717, 1.165) is 17.7 Å². The van der Waals surface area contributed by atoms with Gasteiger partial charge in [0.05, 0.1) is 5.75 Å². The first-order valence-corrected chi connectivity index (χ1v) is 9.52. The Labute approximate surface area is 156 Å². The highest BCUT2D eigenvalue weighted by atomic mass is 35.5. The summed E-state index contributed by atoms with van der Waals surface area (Å²) in [6, 6.07) is 15.5. The highest BCUT2D eigenvalue weighted by molar-refractivity contribution is 8.00. The van der Waals surface area contributed by atoms with Gasteiger partial charge in [-0.25, -0.2) is 0 Å². The first-order valence-electron chi connectivity index (χ1n) is 8.15. The largest absolute Gasteiger partial charge is 0.273 e. The van der Waals surface area contributed by atoms with Crippen LogP contribution in [0.3, 0.4) is 0 Å². The summed E-state index contributed by atoms with van der Waals surface area (Å²) in [7, 11) is 0. The van der Waals surface area contributed by atoms with E-state index in [1.807, 2.05) is 24.3 Å². The molecule has 2 aromatic carbocycles. The predicted molar refractivity (Wildman–Crippen MR) is 101 cm³/mol. The van der Waals surface area contributed by atoms with Gasteiger partial charge in [0.15, 0.2) is 0 Å². The van der Waals surface area contributed by atoms with Crippen molar-refractivity contribution in [1.82, 2.24) is 10.9 Å². The molecule has 0 radical (unpaired) electrons. The van der Waals surface area contributed by atoms with Crippen LogP contribution in [0, 0.1) is 0 Å². The summed E-state index contributed by atoms with van der Waals surface area (Å²) in [4.78, 5) is 24.9. The number of benzene rings is 2. The number of hydrogen-bond acceptors (Lipinski definition) is 3. The van der Waals surface area contributed by atoms with E-state index in [9.17, 15) is 9.59 Å². The van der Waals surface area contributed by atoms with Crippen LogP contribution in [0.15, 0.2) is 53.4 Å². The Balaban J connectivity index is 1.40. The lowest BCUT2D eigenvalue weighted by Gasteiger charge is -2.12. The smallest absolute Gasteiger partial charge is 0.248 e. The maximum Gasteiger partial charge on any atom is 0.248 e. The molecule has 0 spiro atoms. The van der Waals surface area contributed by atoms with Crippen molar-refractivity contribution in [2.75, 3.05) is 5.75 Å². The molecule has 0 aliphatic heterocycles. The van der Waals surface area contributed by atoms with Gasteiger partial charge < -0.3 is 0 Å². The van der Waals surface area contributed by atoms with Crippen molar-refractivity contribution in [1.29, 1.82) is 0 Å². The second kappa shape index (κ2) is 8.41. The van der Waals surface area contributed by atoms with E-state index in [1.54, 1.807) is 12.1 Å². The lowest BCUT2D eigenvalue weighted by molar-refractivity contribution is -0.127. The van der Waals surface area contributed by atoms with Gasteiger partial charge in [0.25, 0.3) is 0 Å². The number of hydrazine groups is 1. The number of nitrogens with one attached hydrogen (secondary N) is 2. The molecule has 0 fully saturated rings. The minimum Gasteiger partial charge on any atom is -0.273 e. The van der Waals surface area contributed by atoms with E-state index in [4.69, 9.17) is 11.6 Å². The second-order valence-corrected chi connectivity index (χ2v) is 7.46. The molecular weight excluding hydrogens is 356 g/mol. The number of amides is 2. The highest BCUT2D eigenvalue weighted by Crippen LogP contribution is 2.34. The number of thioether (sulfide) groups is 1. The van der Waals surface area contributed by atoms with Gasteiger partial charge in [0.2, 0.25) is 11.8 Å².